The van der Waals surface area contributed by atoms with Crippen LogP contribution in [0, 0.1) is 0 Å². The van der Waals surface area contributed by atoms with Gasteiger partial charge in [-0.2, -0.15) is 0 Å². The zero-order valence-corrected chi connectivity index (χ0v) is 13.3. The van der Waals surface area contributed by atoms with E-state index in [-0.39, 0.29) is 11.1 Å². The minimum Gasteiger partial charge on any atom is -0.370 e. The van der Waals surface area contributed by atoms with Crippen molar-refractivity contribution in [1.82, 2.24) is 10.2 Å². The number of morpholine rings is 1. The number of hydrogen-bond acceptors (Lipinski definition) is 3. The van der Waals surface area contributed by atoms with Crippen LogP contribution in [0.5, 0.6) is 0 Å². The lowest BCUT2D eigenvalue weighted by atomic mass is 10.0. The summed E-state index contributed by atoms with van der Waals surface area (Å²) in [6.07, 6.45) is 1.49. The minimum absolute atomic E-state index is 0.0216. The Morgan fingerprint density at radius 3 is 2.56 bits per heavy atom. The van der Waals surface area contributed by atoms with Gasteiger partial charge in [-0.15, -0.1) is 0 Å². The molecule has 1 heterocycles. The van der Waals surface area contributed by atoms with E-state index >= 15 is 0 Å². The summed E-state index contributed by atoms with van der Waals surface area (Å²) >= 11 is 0. The van der Waals surface area contributed by atoms with Crippen molar-refractivity contribution < 1.29 is 4.74 Å². The van der Waals surface area contributed by atoms with E-state index in [0.29, 0.717) is 12.1 Å². The molecule has 1 aliphatic rings. The predicted octanol–water partition coefficient (Wildman–Crippen LogP) is 2.65. The average Bonchev–Trinajstić information content (AvgIpc) is 2.23. The second-order valence-electron chi connectivity index (χ2n) is 7.08. The van der Waals surface area contributed by atoms with Crippen molar-refractivity contribution in [2.45, 2.75) is 78.2 Å². The molecule has 0 aromatic carbocycles. The van der Waals surface area contributed by atoms with Crippen molar-refractivity contribution in [3.05, 3.63) is 0 Å². The molecule has 1 rings (SSSR count). The van der Waals surface area contributed by atoms with E-state index in [1.54, 1.807) is 0 Å². The summed E-state index contributed by atoms with van der Waals surface area (Å²) < 4.78 is 5.96. The molecule has 0 amide bonds. The molecule has 0 bridgehead atoms. The van der Waals surface area contributed by atoms with Crippen molar-refractivity contribution in [2.24, 2.45) is 0 Å². The molecule has 2 atom stereocenters. The third-order valence-corrected chi connectivity index (χ3v) is 3.98. The topological polar surface area (TPSA) is 24.5 Å². The molecule has 0 spiro atoms. The fourth-order valence-electron chi connectivity index (χ4n) is 2.52. The van der Waals surface area contributed by atoms with Gasteiger partial charge in [0, 0.05) is 31.2 Å². The third-order valence-electron chi connectivity index (χ3n) is 3.98. The van der Waals surface area contributed by atoms with Gasteiger partial charge in [0.05, 0.1) is 11.7 Å². The Labute approximate surface area is 113 Å². The minimum atomic E-state index is -0.0216. The second kappa shape index (κ2) is 5.89. The Bertz CT molecular complexity index is 263. The Morgan fingerprint density at radius 2 is 2.06 bits per heavy atom. The molecule has 2 unspecified atom stereocenters. The van der Waals surface area contributed by atoms with E-state index in [4.69, 9.17) is 4.74 Å². The maximum absolute atomic E-state index is 5.96. The molecule has 1 fully saturated rings. The summed E-state index contributed by atoms with van der Waals surface area (Å²) in [5.74, 6) is 0. The molecule has 1 saturated heterocycles. The first-order valence-corrected chi connectivity index (χ1v) is 7.32. The van der Waals surface area contributed by atoms with Crippen LogP contribution < -0.4 is 5.32 Å². The average molecular weight is 256 g/mol. The van der Waals surface area contributed by atoms with Crippen molar-refractivity contribution >= 4 is 0 Å². The second-order valence-corrected chi connectivity index (χ2v) is 7.08. The van der Waals surface area contributed by atoms with E-state index < -0.39 is 0 Å². The van der Waals surface area contributed by atoms with Crippen LogP contribution in [0.15, 0.2) is 0 Å². The standard InChI is InChI=1S/C15H32N2O/c1-8-14(4,5)16-9-12(2)17-10-13(3)18-15(6,7)11-17/h12-13,16H,8-11H2,1-7H3. The van der Waals surface area contributed by atoms with Gasteiger partial charge in [0.25, 0.3) is 0 Å². The number of rotatable bonds is 5. The molecule has 18 heavy (non-hydrogen) atoms. The van der Waals surface area contributed by atoms with Crippen LogP contribution in [0.3, 0.4) is 0 Å². The van der Waals surface area contributed by atoms with Gasteiger partial charge in [-0.05, 0) is 48.0 Å². The number of ether oxygens (including phenoxy) is 1. The van der Waals surface area contributed by atoms with Crippen molar-refractivity contribution in [1.29, 1.82) is 0 Å². The fourth-order valence-corrected chi connectivity index (χ4v) is 2.52. The molecule has 0 saturated carbocycles. The van der Waals surface area contributed by atoms with Crippen molar-refractivity contribution in [3.63, 3.8) is 0 Å². The number of hydrogen-bond donors (Lipinski definition) is 1. The predicted molar refractivity (Wildman–Crippen MR) is 78.0 cm³/mol. The summed E-state index contributed by atoms with van der Waals surface area (Å²) in [6, 6.07) is 0.557. The zero-order valence-electron chi connectivity index (χ0n) is 13.3. The Morgan fingerprint density at radius 1 is 1.44 bits per heavy atom. The van der Waals surface area contributed by atoms with Gasteiger partial charge in [0.2, 0.25) is 0 Å². The van der Waals surface area contributed by atoms with Crippen molar-refractivity contribution in [2.75, 3.05) is 19.6 Å². The SMILES string of the molecule is CCC(C)(C)NCC(C)N1CC(C)OC(C)(C)C1. The van der Waals surface area contributed by atoms with Crippen LogP contribution in [0.4, 0.5) is 0 Å². The van der Waals surface area contributed by atoms with E-state index in [2.05, 4.69) is 58.7 Å². The maximum Gasteiger partial charge on any atom is 0.0757 e. The van der Waals surface area contributed by atoms with E-state index in [1.807, 2.05) is 0 Å². The monoisotopic (exact) mass is 256 g/mol. The van der Waals surface area contributed by atoms with Gasteiger partial charge < -0.3 is 10.1 Å². The van der Waals surface area contributed by atoms with Crippen molar-refractivity contribution in [3.8, 4) is 0 Å². The van der Waals surface area contributed by atoms with E-state index in [9.17, 15) is 0 Å². The largest absolute Gasteiger partial charge is 0.370 e. The highest BCUT2D eigenvalue weighted by molar-refractivity contribution is 4.87. The molecule has 0 radical (unpaired) electrons. The molecule has 3 nitrogen and oxygen atoms in total. The summed E-state index contributed by atoms with van der Waals surface area (Å²) in [6.45, 7) is 18.7. The highest BCUT2D eigenvalue weighted by Crippen LogP contribution is 2.22. The maximum atomic E-state index is 5.96. The smallest absolute Gasteiger partial charge is 0.0757 e. The quantitative estimate of drug-likeness (QED) is 0.818. The molecular formula is C15H32N2O. The lowest BCUT2D eigenvalue weighted by Gasteiger charge is -2.45. The highest BCUT2D eigenvalue weighted by atomic mass is 16.5. The third kappa shape index (κ3) is 4.87. The summed E-state index contributed by atoms with van der Waals surface area (Å²) in [5.41, 5.74) is 0.216. The summed E-state index contributed by atoms with van der Waals surface area (Å²) in [4.78, 5) is 2.55. The molecule has 1 N–H and O–H groups in total. The van der Waals surface area contributed by atoms with Crippen LogP contribution in [0.1, 0.15) is 54.9 Å². The van der Waals surface area contributed by atoms with Gasteiger partial charge in [-0.3, -0.25) is 4.90 Å². The first-order chi connectivity index (χ1) is 8.15. The van der Waals surface area contributed by atoms with Gasteiger partial charge >= 0.3 is 0 Å². The van der Waals surface area contributed by atoms with Crippen LogP contribution in [-0.2, 0) is 4.74 Å². The van der Waals surface area contributed by atoms with E-state index in [0.717, 1.165) is 26.1 Å². The van der Waals surface area contributed by atoms with Gasteiger partial charge in [-0.25, -0.2) is 0 Å². The van der Waals surface area contributed by atoms with Gasteiger partial charge in [0.15, 0.2) is 0 Å². The molecule has 0 aliphatic carbocycles. The molecule has 1 aliphatic heterocycles. The fraction of sp³-hybridized carbons (Fsp3) is 1.00. The summed E-state index contributed by atoms with van der Waals surface area (Å²) in [5, 5.41) is 3.67. The molecule has 0 aromatic rings. The molecule has 0 aromatic heterocycles. The molecular weight excluding hydrogens is 224 g/mol. The van der Waals surface area contributed by atoms with E-state index in [1.165, 1.54) is 0 Å². The number of nitrogens with one attached hydrogen (secondary N) is 1. The molecule has 3 heteroatoms. The lowest BCUT2D eigenvalue weighted by Crippen LogP contribution is -2.57. The Balaban J connectivity index is 2.48. The van der Waals surface area contributed by atoms with Crippen LogP contribution in [-0.4, -0.2) is 47.8 Å². The van der Waals surface area contributed by atoms with Gasteiger partial charge in [0.1, 0.15) is 0 Å². The molecule has 108 valence electrons. The zero-order chi connectivity index (χ0) is 14.0. The van der Waals surface area contributed by atoms with Crippen LogP contribution >= 0.6 is 0 Å². The first-order valence-electron chi connectivity index (χ1n) is 7.32. The van der Waals surface area contributed by atoms with Crippen LogP contribution in [0.25, 0.3) is 0 Å². The first kappa shape index (κ1) is 15.9. The highest BCUT2D eigenvalue weighted by Gasteiger charge is 2.33. The summed E-state index contributed by atoms with van der Waals surface area (Å²) in [7, 11) is 0. The van der Waals surface area contributed by atoms with Crippen LogP contribution in [0.2, 0.25) is 0 Å². The number of nitrogens with zero attached hydrogens (tertiary/aromatic N) is 1. The Hall–Kier alpha value is -0.120. The Kier molecular flexibility index (Phi) is 5.22. The normalized spacial score (nSPS) is 27.2. The lowest BCUT2D eigenvalue weighted by molar-refractivity contribution is -0.136. The van der Waals surface area contributed by atoms with Gasteiger partial charge in [-0.1, -0.05) is 6.92 Å².